The molecule has 0 aromatic carbocycles. The average Bonchev–Trinajstić information content (AvgIpc) is 2.32. The summed E-state index contributed by atoms with van der Waals surface area (Å²) in [6.07, 6.45) is 4.45. The van der Waals surface area contributed by atoms with Gasteiger partial charge in [0.2, 0.25) is 0 Å². The SMILES string of the molecule is CCCn1ccnc(N2CCNCC2(C)C)c1=O. The fourth-order valence-electron chi connectivity index (χ4n) is 2.41. The van der Waals surface area contributed by atoms with E-state index in [0.29, 0.717) is 5.82 Å². The van der Waals surface area contributed by atoms with E-state index in [0.717, 1.165) is 32.6 Å². The van der Waals surface area contributed by atoms with Crippen molar-refractivity contribution in [2.75, 3.05) is 24.5 Å². The molecule has 1 aromatic rings. The molecule has 0 bridgehead atoms. The van der Waals surface area contributed by atoms with Crippen LogP contribution in [0.5, 0.6) is 0 Å². The molecule has 100 valence electrons. The number of aryl methyl sites for hydroxylation is 1. The molecule has 2 rings (SSSR count). The van der Waals surface area contributed by atoms with Gasteiger partial charge in [-0.25, -0.2) is 4.98 Å². The highest BCUT2D eigenvalue weighted by molar-refractivity contribution is 5.40. The Kier molecular flexibility index (Phi) is 3.71. The lowest BCUT2D eigenvalue weighted by Gasteiger charge is -2.43. The van der Waals surface area contributed by atoms with Gasteiger partial charge >= 0.3 is 0 Å². The number of aromatic nitrogens is 2. The highest BCUT2D eigenvalue weighted by atomic mass is 16.1. The van der Waals surface area contributed by atoms with Crippen molar-refractivity contribution in [3.05, 3.63) is 22.7 Å². The van der Waals surface area contributed by atoms with Gasteiger partial charge in [0, 0.05) is 44.1 Å². The van der Waals surface area contributed by atoms with Crippen molar-refractivity contribution in [2.45, 2.75) is 39.3 Å². The minimum Gasteiger partial charge on any atom is -0.344 e. The predicted octanol–water partition coefficient (Wildman–Crippen LogP) is 0.841. The van der Waals surface area contributed by atoms with Crippen LogP contribution < -0.4 is 15.8 Å². The summed E-state index contributed by atoms with van der Waals surface area (Å²) in [6.45, 7) is 9.69. The van der Waals surface area contributed by atoms with E-state index < -0.39 is 0 Å². The molecule has 1 aliphatic heterocycles. The summed E-state index contributed by atoms with van der Waals surface area (Å²) < 4.78 is 1.75. The van der Waals surface area contributed by atoms with Crippen molar-refractivity contribution in [1.82, 2.24) is 14.9 Å². The fourth-order valence-corrected chi connectivity index (χ4v) is 2.41. The fraction of sp³-hybridized carbons (Fsp3) is 0.692. The molecule has 0 unspecified atom stereocenters. The van der Waals surface area contributed by atoms with Crippen LogP contribution in [0.25, 0.3) is 0 Å². The van der Waals surface area contributed by atoms with E-state index in [1.807, 2.05) is 0 Å². The first-order chi connectivity index (χ1) is 8.56. The van der Waals surface area contributed by atoms with Crippen molar-refractivity contribution in [1.29, 1.82) is 0 Å². The predicted molar refractivity (Wildman–Crippen MR) is 73.1 cm³/mol. The molecule has 0 radical (unpaired) electrons. The van der Waals surface area contributed by atoms with Crippen LogP contribution in [-0.4, -0.2) is 34.7 Å². The van der Waals surface area contributed by atoms with Gasteiger partial charge in [0.25, 0.3) is 5.56 Å². The lowest BCUT2D eigenvalue weighted by atomic mass is 10.0. The number of hydrogen-bond donors (Lipinski definition) is 1. The first-order valence-electron chi connectivity index (χ1n) is 6.60. The van der Waals surface area contributed by atoms with E-state index in [2.05, 4.69) is 36.0 Å². The van der Waals surface area contributed by atoms with Crippen LogP contribution in [0.2, 0.25) is 0 Å². The van der Waals surface area contributed by atoms with Gasteiger partial charge in [0.1, 0.15) is 0 Å². The summed E-state index contributed by atoms with van der Waals surface area (Å²) in [5, 5.41) is 3.36. The minimum atomic E-state index is -0.0736. The number of piperazine rings is 1. The smallest absolute Gasteiger partial charge is 0.293 e. The Morgan fingerprint density at radius 2 is 2.28 bits per heavy atom. The van der Waals surface area contributed by atoms with Crippen LogP contribution >= 0.6 is 0 Å². The molecule has 1 N–H and O–H groups in total. The van der Waals surface area contributed by atoms with Gasteiger partial charge in [-0.1, -0.05) is 6.92 Å². The van der Waals surface area contributed by atoms with E-state index in [9.17, 15) is 4.79 Å². The number of anilines is 1. The molecule has 1 saturated heterocycles. The van der Waals surface area contributed by atoms with Gasteiger partial charge in [-0.05, 0) is 20.3 Å². The lowest BCUT2D eigenvalue weighted by molar-refractivity contribution is 0.375. The Bertz CT molecular complexity index is 466. The second-order valence-electron chi connectivity index (χ2n) is 5.39. The second kappa shape index (κ2) is 5.10. The van der Waals surface area contributed by atoms with Gasteiger partial charge in [-0.2, -0.15) is 0 Å². The Morgan fingerprint density at radius 3 is 2.94 bits per heavy atom. The first kappa shape index (κ1) is 13.1. The van der Waals surface area contributed by atoms with Crippen LogP contribution in [0.1, 0.15) is 27.2 Å². The molecule has 5 nitrogen and oxygen atoms in total. The topological polar surface area (TPSA) is 50.2 Å². The van der Waals surface area contributed by atoms with E-state index in [1.54, 1.807) is 17.0 Å². The molecule has 18 heavy (non-hydrogen) atoms. The first-order valence-corrected chi connectivity index (χ1v) is 6.60. The number of hydrogen-bond acceptors (Lipinski definition) is 4. The molecule has 1 aromatic heterocycles. The second-order valence-corrected chi connectivity index (χ2v) is 5.39. The third-order valence-electron chi connectivity index (χ3n) is 3.42. The average molecular weight is 250 g/mol. The molecule has 5 heteroatoms. The maximum Gasteiger partial charge on any atom is 0.293 e. The quantitative estimate of drug-likeness (QED) is 0.864. The van der Waals surface area contributed by atoms with Crippen molar-refractivity contribution in [3.8, 4) is 0 Å². The van der Waals surface area contributed by atoms with Gasteiger partial charge in [-0.15, -0.1) is 0 Å². The zero-order valence-electron chi connectivity index (χ0n) is 11.4. The zero-order valence-corrected chi connectivity index (χ0v) is 11.4. The number of nitrogens with zero attached hydrogens (tertiary/aromatic N) is 3. The summed E-state index contributed by atoms with van der Waals surface area (Å²) in [6, 6.07) is 0. The standard InChI is InChI=1S/C13H22N4O/c1-4-7-16-8-6-15-11(12(16)18)17-9-5-14-10-13(17,2)3/h6,8,14H,4-5,7,9-10H2,1-3H3. The number of nitrogens with one attached hydrogen (secondary N) is 1. The van der Waals surface area contributed by atoms with Crippen molar-refractivity contribution in [2.24, 2.45) is 0 Å². The Balaban J connectivity index is 2.38. The Hall–Kier alpha value is -1.36. The van der Waals surface area contributed by atoms with E-state index in [-0.39, 0.29) is 11.1 Å². The molecule has 1 aliphatic rings. The molecular weight excluding hydrogens is 228 g/mol. The van der Waals surface area contributed by atoms with E-state index >= 15 is 0 Å². The van der Waals surface area contributed by atoms with Crippen LogP contribution in [0, 0.1) is 0 Å². The number of rotatable bonds is 3. The summed E-state index contributed by atoms with van der Waals surface area (Å²) in [4.78, 5) is 18.8. The van der Waals surface area contributed by atoms with Gasteiger partial charge < -0.3 is 14.8 Å². The monoisotopic (exact) mass is 250 g/mol. The highest BCUT2D eigenvalue weighted by Crippen LogP contribution is 2.20. The van der Waals surface area contributed by atoms with Crippen molar-refractivity contribution < 1.29 is 0 Å². The normalized spacial score (nSPS) is 18.9. The molecule has 1 fully saturated rings. The Labute approximate surface area is 108 Å². The third-order valence-corrected chi connectivity index (χ3v) is 3.42. The van der Waals surface area contributed by atoms with Crippen LogP contribution in [0.4, 0.5) is 5.82 Å². The van der Waals surface area contributed by atoms with Gasteiger partial charge in [-0.3, -0.25) is 4.79 Å². The largest absolute Gasteiger partial charge is 0.344 e. The third kappa shape index (κ3) is 2.41. The molecule has 0 atom stereocenters. The maximum absolute atomic E-state index is 12.4. The van der Waals surface area contributed by atoms with Crippen molar-refractivity contribution in [3.63, 3.8) is 0 Å². The molecule has 0 saturated carbocycles. The molecular formula is C13H22N4O. The zero-order chi connectivity index (χ0) is 13.2. The summed E-state index contributed by atoms with van der Waals surface area (Å²) in [7, 11) is 0. The lowest BCUT2D eigenvalue weighted by Crippen LogP contribution is -2.59. The summed E-state index contributed by atoms with van der Waals surface area (Å²) in [5.41, 5.74) is -0.0511. The summed E-state index contributed by atoms with van der Waals surface area (Å²) in [5.74, 6) is 0.581. The van der Waals surface area contributed by atoms with E-state index in [4.69, 9.17) is 0 Å². The maximum atomic E-state index is 12.4. The van der Waals surface area contributed by atoms with Gasteiger partial charge in [0.05, 0.1) is 0 Å². The molecule has 0 aliphatic carbocycles. The van der Waals surface area contributed by atoms with Gasteiger partial charge in [0.15, 0.2) is 5.82 Å². The summed E-state index contributed by atoms with van der Waals surface area (Å²) >= 11 is 0. The molecule has 2 heterocycles. The molecule has 0 amide bonds. The van der Waals surface area contributed by atoms with Crippen molar-refractivity contribution >= 4 is 5.82 Å². The Morgan fingerprint density at radius 1 is 1.50 bits per heavy atom. The minimum absolute atomic E-state index is 0.0225. The van der Waals surface area contributed by atoms with Crippen LogP contribution in [0.15, 0.2) is 17.2 Å². The van der Waals surface area contributed by atoms with E-state index in [1.165, 1.54) is 0 Å². The molecule has 0 spiro atoms. The van der Waals surface area contributed by atoms with Crippen LogP contribution in [-0.2, 0) is 6.54 Å². The highest BCUT2D eigenvalue weighted by Gasteiger charge is 2.32. The van der Waals surface area contributed by atoms with Crippen LogP contribution in [0.3, 0.4) is 0 Å².